The Bertz CT molecular complexity index is 594. The fraction of sp³-hybridized carbons (Fsp3) is 0.353. The quantitative estimate of drug-likeness (QED) is 0.924. The lowest BCUT2D eigenvalue weighted by Crippen LogP contribution is -2.34. The first kappa shape index (κ1) is 13.0. The van der Waals surface area contributed by atoms with Crippen molar-refractivity contribution in [2.75, 3.05) is 23.8 Å². The van der Waals surface area contributed by atoms with Gasteiger partial charge in [0.25, 0.3) is 0 Å². The number of fused-ring (bicyclic) bond motifs is 1. The lowest BCUT2D eigenvalue weighted by Gasteiger charge is -2.35. The molecule has 1 aromatic carbocycles. The molecule has 1 N–H and O–H groups in total. The summed E-state index contributed by atoms with van der Waals surface area (Å²) < 4.78 is 0. The zero-order valence-corrected chi connectivity index (χ0v) is 12.1. The van der Waals surface area contributed by atoms with E-state index in [1.165, 1.54) is 23.2 Å². The highest BCUT2D eigenvalue weighted by Crippen LogP contribution is 2.31. The molecule has 1 aromatic heterocycles. The van der Waals surface area contributed by atoms with E-state index in [9.17, 15) is 0 Å². The summed E-state index contributed by atoms with van der Waals surface area (Å²) in [5, 5.41) is 3.18. The predicted octanol–water partition coefficient (Wildman–Crippen LogP) is 3.32. The molecule has 104 valence electrons. The maximum atomic E-state index is 4.40. The molecule has 2 heterocycles. The van der Waals surface area contributed by atoms with Crippen LogP contribution in [-0.4, -0.2) is 18.6 Å². The van der Waals surface area contributed by atoms with Crippen LogP contribution >= 0.6 is 0 Å². The molecular formula is C17H21N3. The number of benzene rings is 1. The van der Waals surface area contributed by atoms with Crippen LogP contribution in [0.1, 0.15) is 18.1 Å². The van der Waals surface area contributed by atoms with E-state index in [0.29, 0.717) is 5.92 Å². The highest BCUT2D eigenvalue weighted by molar-refractivity contribution is 5.57. The molecule has 0 fully saturated rings. The Kier molecular flexibility index (Phi) is 3.59. The second-order valence-corrected chi connectivity index (χ2v) is 5.58. The number of anilines is 2. The summed E-state index contributed by atoms with van der Waals surface area (Å²) in [5.41, 5.74) is 4.08. The second-order valence-electron chi connectivity index (χ2n) is 5.58. The van der Waals surface area contributed by atoms with E-state index in [1.54, 1.807) is 0 Å². The van der Waals surface area contributed by atoms with Crippen LogP contribution in [0.15, 0.2) is 42.6 Å². The molecule has 1 unspecified atom stereocenters. The predicted molar refractivity (Wildman–Crippen MR) is 84.1 cm³/mol. The fourth-order valence-corrected chi connectivity index (χ4v) is 3.05. The zero-order valence-electron chi connectivity index (χ0n) is 12.1. The molecule has 3 nitrogen and oxygen atoms in total. The highest BCUT2D eigenvalue weighted by atomic mass is 15.1. The Labute approximate surface area is 120 Å². The van der Waals surface area contributed by atoms with Gasteiger partial charge >= 0.3 is 0 Å². The van der Waals surface area contributed by atoms with Gasteiger partial charge in [-0.05, 0) is 30.0 Å². The number of para-hydroxylation sites is 1. The van der Waals surface area contributed by atoms with Gasteiger partial charge < -0.3 is 10.2 Å². The maximum Gasteiger partial charge on any atom is 0.130 e. The molecule has 3 rings (SSSR count). The van der Waals surface area contributed by atoms with Crippen molar-refractivity contribution in [2.24, 2.45) is 5.92 Å². The number of hydrogen-bond donors (Lipinski definition) is 1. The highest BCUT2D eigenvalue weighted by Gasteiger charge is 2.21. The van der Waals surface area contributed by atoms with Crippen LogP contribution in [0.2, 0.25) is 0 Å². The monoisotopic (exact) mass is 267 g/mol. The molecule has 0 aliphatic carbocycles. The Morgan fingerprint density at radius 2 is 2.10 bits per heavy atom. The molecule has 0 spiro atoms. The van der Waals surface area contributed by atoms with Gasteiger partial charge in [-0.1, -0.05) is 31.2 Å². The molecule has 0 radical (unpaired) electrons. The minimum atomic E-state index is 0.694. The first-order valence-corrected chi connectivity index (χ1v) is 7.22. The van der Waals surface area contributed by atoms with Crippen molar-refractivity contribution in [1.29, 1.82) is 0 Å². The molecule has 1 aliphatic rings. The van der Waals surface area contributed by atoms with Gasteiger partial charge in [-0.2, -0.15) is 0 Å². The number of nitrogens with one attached hydrogen (secondary N) is 1. The van der Waals surface area contributed by atoms with Crippen LogP contribution in [0.25, 0.3) is 0 Å². The molecule has 1 aliphatic heterocycles. The Morgan fingerprint density at radius 1 is 1.25 bits per heavy atom. The van der Waals surface area contributed by atoms with Gasteiger partial charge in [0.05, 0.1) is 0 Å². The number of nitrogens with zero attached hydrogens (tertiary/aromatic N) is 2. The smallest absolute Gasteiger partial charge is 0.130 e. The summed E-state index contributed by atoms with van der Waals surface area (Å²) in [6.45, 7) is 4.34. The molecule has 0 amide bonds. The lowest BCUT2D eigenvalue weighted by molar-refractivity contribution is 0.530. The third-order valence-electron chi connectivity index (χ3n) is 3.92. The van der Waals surface area contributed by atoms with E-state index < -0.39 is 0 Å². The van der Waals surface area contributed by atoms with Crippen LogP contribution in [0, 0.1) is 5.92 Å². The number of rotatable bonds is 3. The number of pyridine rings is 1. The molecule has 0 saturated heterocycles. The second kappa shape index (κ2) is 5.53. The van der Waals surface area contributed by atoms with Crippen LogP contribution < -0.4 is 10.2 Å². The summed E-state index contributed by atoms with van der Waals surface area (Å²) in [4.78, 5) is 6.87. The van der Waals surface area contributed by atoms with Gasteiger partial charge in [-0.3, -0.25) is 0 Å². The largest absolute Gasteiger partial charge is 0.373 e. The van der Waals surface area contributed by atoms with Gasteiger partial charge in [0.15, 0.2) is 0 Å². The molecule has 1 atom stereocenters. The van der Waals surface area contributed by atoms with Crippen molar-refractivity contribution < 1.29 is 0 Å². The SMILES string of the molecule is CNc1ncccc1CN1CC(C)Cc2ccccc21. The van der Waals surface area contributed by atoms with Gasteiger partial charge in [-0.15, -0.1) is 0 Å². The van der Waals surface area contributed by atoms with E-state index in [4.69, 9.17) is 0 Å². The van der Waals surface area contributed by atoms with E-state index >= 15 is 0 Å². The van der Waals surface area contributed by atoms with Crippen LogP contribution in [-0.2, 0) is 13.0 Å². The first-order valence-electron chi connectivity index (χ1n) is 7.22. The van der Waals surface area contributed by atoms with Gasteiger partial charge in [0.1, 0.15) is 5.82 Å². The first-order chi connectivity index (χ1) is 9.78. The van der Waals surface area contributed by atoms with E-state index in [2.05, 4.69) is 52.5 Å². The minimum Gasteiger partial charge on any atom is -0.373 e. The number of hydrogen-bond acceptors (Lipinski definition) is 3. The maximum absolute atomic E-state index is 4.40. The van der Waals surface area contributed by atoms with Crippen LogP contribution in [0.5, 0.6) is 0 Å². The third-order valence-corrected chi connectivity index (χ3v) is 3.92. The summed E-state index contributed by atoms with van der Waals surface area (Å²) in [5.74, 6) is 1.67. The number of aromatic nitrogens is 1. The molecule has 0 bridgehead atoms. The van der Waals surface area contributed by atoms with E-state index in [1.807, 2.05) is 19.3 Å². The third kappa shape index (κ3) is 2.48. The Balaban J connectivity index is 1.91. The van der Waals surface area contributed by atoms with Crippen molar-refractivity contribution in [1.82, 2.24) is 4.98 Å². The molecule has 2 aromatic rings. The standard InChI is InChI=1S/C17H21N3/c1-13-10-14-6-3-4-8-16(14)20(11-13)12-15-7-5-9-19-17(15)18-2/h3-9,13H,10-12H2,1-2H3,(H,18,19). The zero-order chi connectivity index (χ0) is 13.9. The fourth-order valence-electron chi connectivity index (χ4n) is 3.05. The van der Waals surface area contributed by atoms with Gasteiger partial charge in [-0.25, -0.2) is 4.98 Å². The van der Waals surface area contributed by atoms with E-state index in [0.717, 1.165) is 18.9 Å². The van der Waals surface area contributed by atoms with Crippen molar-refractivity contribution >= 4 is 11.5 Å². The van der Waals surface area contributed by atoms with Crippen molar-refractivity contribution in [3.05, 3.63) is 53.7 Å². The summed E-state index contributed by atoms with van der Waals surface area (Å²) in [6, 6.07) is 12.9. The van der Waals surface area contributed by atoms with Crippen LogP contribution in [0.4, 0.5) is 11.5 Å². The average Bonchev–Trinajstić information content (AvgIpc) is 2.47. The molecular weight excluding hydrogens is 246 g/mol. The Morgan fingerprint density at radius 3 is 2.95 bits per heavy atom. The minimum absolute atomic E-state index is 0.694. The van der Waals surface area contributed by atoms with Crippen molar-refractivity contribution in [3.63, 3.8) is 0 Å². The summed E-state index contributed by atoms with van der Waals surface area (Å²) in [6.07, 6.45) is 3.01. The molecule has 0 saturated carbocycles. The summed E-state index contributed by atoms with van der Waals surface area (Å²) in [7, 11) is 1.93. The van der Waals surface area contributed by atoms with E-state index in [-0.39, 0.29) is 0 Å². The molecule has 20 heavy (non-hydrogen) atoms. The Hall–Kier alpha value is -2.03. The van der Waals surface area contributed by atoms with Gasteiger partial charge in [0, 0.05) is 37.6 Å². The normalized spacial score (nSPS) is 17.7. The van der Waals surface area contributed by atoms with Crippen molar-refractivity contribution in [2.45, 2.75) is 19.9 Å². The van der Waals surface area contributed by atoms with Crippen LogP contribution in [0.3, 0.4) is 0 Å². The molecule has 3 heteroatoms. The summed E-state index contributed by atoms with van der Waals surface area (Å²) >= 11 is 0. The van der Waals surface area contributed by atoms with Gasteiger partial charge in [0.2, 0.25) is 0 Å². The van der Waals surface area contributed by atoms with Crippen molar-refractivity contribution in [3.8, 4) is 0 Å². The topological polar surface area (TPSA) is 28.2 Å². The lowest BCUT2D eigenvalue weighted by atomic mass is 9.93. The average molecular weight is 267 g/mol.